The zero-order chi connectivity index (χ0) is 16.9. The highest BCUT2D eigenvalue weighted by Gasteiger charge is 2.36. The molecule has 6 nitrogen and oxygen atoms in total. The van der Waals surface area contributed by atoms with E-state index >= 15 is 0 Å². The van der Waals surface area contributed by atoms with Crippen molar-refractivity contribution in [2.45, 2.75) is 31.6 Å². The van der Waals surface area contributed by atoms with Gasteiger partial charge in [-0.3, -0.25) is 9.78 Å². The van der Waals surface area contributed by atoms with E-state index in [1.165, 1.54) is 4.90 Å². The third kappa shape index (κ3) is 5.11. The van der Waals surface area contributed by atoms with Crippen molar-refractivity contribution in [2.75, 3.05) is 13.1 Å². The van der Waals surface area contributed by atoms with Crippen molar-refractivity contribution in [2.24, 2.45) is 0 Å². The van der Waals surface area contributed by atoms with Gasteiger partial charge < -0.3 is 15.5 Å². The number of halogens is 3. The van der Waals surface area contributed by atoms with Crippen molar-refractivity contribution >= 4 is 11.9 Å². The number of rotatable bonds is 4. The number of pyridine rings is 1. The largest absolute Gasteiger partial charge is 0.405 e. The molecule has 2 rings (SSSR count). The number of hydrogen-bond donors (Lipinski definition) is 2. The minimum atomic E-state index is -4.47. The first-order valence-electron chi connectivity index (χ1n) is 7.15. The Bertz CT molecular complexity index is 551. The molecule has 9 heteroatoms. The Kier molecular flexibility index (Phi) is 5.41. The summed E-state index contributed by atoms with van der Waals surface area (Å²) in [7, 11) is 0. The lowest BCUT2D eigenvalue weighted by Crippen LogP contribution is -2.50. The topological polar surface area (TPSA) is 74.3 Å². The molecule has 2 heterocycles. The summed E-state index contributed by atoms with van der Waals surface area (Å²) in [6, 6.07) is 3.89. The van der Waals surface area contributed by atoms with Crippen molar-refractivity contribution in [3.8, 4) is 0 Å². The van der Waals surface area contributed by atoms with Gasteiger partial charge in [-0.05, 0) is 25.0 Å². The van der Waals surface area contributed by atoms with Gasteiger partial charge in [-0.1, -0.05) is 6.07 Å². The molecule has 3 amide bonds. The predicted octanol–water partition coefficient (Wildman–Crippen LogP) is 1.43. The summed E-state index contributed by atoms with van der Waals surface area (Å²) < 4.78 is 36.5. The van der Waals surface area contributed by atoms with E-state index in [1.54, 1.807) is 24.4 Å². The normalized spacial score (nSPS) is 17.9. The van der Waals surface area contributed by atoms with Crippen LogP contribution in [0.5, 0.6) is 0 Å². The number of nitrogens with zero attached hydrogens (tertiary/aromatic N) is 2. The lowest BCUT2D eigenvalue weighted by molar-refractivity contribution is -0.140. The lowest BCUT2D eigenvalue weighted by Gasteiger charge is -2.24. The molecule has 1 aromatic heterocycles. The molecule has 23 heavy (non-hydrogen) atoms. The van der Waals surface area contributed by atoms with Gasteiger partial charge in [0, 0.05) is 12.7 Å². The number of nitrogens with one attached hydrogen (secondary N) is 2. The van der Waals surface area contributed by atoms with Gasteiger partial charge in [-0.15, -0.1) is 0 Å². The first kappa shape index (κ1) is 17.0. The molecule has 1 aliphatic heterocycles. The van der Waals surface area contributed by atoms with E-state index in [4.69, 9.17) is 0 Å². The Balaban J connectivity index is 1.87. The Morgan fingerprint density at radius 1 is 1.30 bits per heavy atom. The van der Waals surface area contributed by atoms with E-state index in [0.29, 0.717) is 25.1 Å². The van der Waals surface area contributed by atoms with E-state index in [2.05, 4.69) is 10.3 Å². The molecule has 0 aromatic carbocycles. The second-order valence-electron chi connectivity index (χ2n) is 5.16. The Morgan fingerprint density at radius 3 is 2.74 bits per heavy atom. The molecule has 1 aromatic rings. The fraction of sp³-hybridized carbons (Fsp3) is 0.500. The fourth-order valence-electron chi connectivity index (χ4n) is 2.36. The molecule has 1 atom stereocenters. The molecule has 0 saturated carbocycles. The number of amides is 3. The van der Waals surface area contributed by atoms with Crippen molar-refractivity contribution in [3.63, 3.8) is 0 Å². The van der Waals surface area contributed by atoms with Crippen molar-refractivity contribution in [3.05, 3.63) is 30.1 Å². The number of hydrogen-bond acceptors (Lipinski definition) is 3. The van der Waals surface area contributed by atoms with Gasteiger partial charge in [0.1, 0.15) is 12.6 Å². The average molecular weight is 330 g/mol. The minimum absolute atomic E-state index is 0.188. The number of likely N-dealkylation sites (tertiary alicyclic amines) is 1. The highest BCUT2D eigenvalue weighted by Crippen LogP contribution is 2.18. The van der Waals surface area contributed by atoms with Crippen LogP contribution in [0.15, 0.2) is 24.4 Å². The van der Waals surface area contributed by atoms with Gasteiger partial charge in [0.05, 0.1) is 12.2 Å². The van der Waals surface area contributed by atoms with E-state index in [-0.39, 0.29) is 6.54 Å². The zero-order valence-corrected chi connectivity index (χ0v) is 12.3. The highest BCUT2D eigenvalue weighted by molar-refractivity contribution is 5.87. The van der Waals surface area contributed by atoms with Gasteiger partial charge in [0.15, 0.2) is 0 Å². The summed E-state index contributed by atoms with van der Waals surface area (Å²) in [5, 5.41) is 4.45. The molecular formula is C14H17F3N4O2. The van der Waals surface area contributed by atoms with Crippen molar-refractivity contribution in [1.82, 2.24) is 20.5 Å². The van der Waals surface area contributed by atoms with E-state index in [0.717, 1.165) is 0 Å². The number of aromatic nitrogens is 1. The smallest absolute Gasteiger partial charge is 0.345 e. The average Bonchev–Trinajstić information content (AvgIpc) is 3.00. The van der Waals surface area contributed by atoms with Crippen LogP contribution < -0.4 is 10.6 Å². The maximum absolute atomic E-state index is 12.2. The minimum Gasteiger partial charge on any atom is -0.345 e. The van der Waals surface area contributed by atoms with Crippen LogP contribution in [0.2, 0.25) is 0 Å². The SMILES string of the molecule is O=C(NCC(F)(F)F)[C@H]1CCCN1C(=O)NCc1ccccn1. The Labute approximate surface area is 131 Å². The second-order valence-corrected chi connectivity index (χ2v) is 5.16. The highest BCUT2D eigenvalue weighted by atomic mass is 19.4. The van der Waals surface area contributed by atoms with Gasteiger partial charge in [-0.25, -0.2) is 4.79 Å². The standard InChI is InChI=1S/C14H17F3N4O2/c15-14(16,17)9-20-12(22)11-5-3-7-21(11)13(23)19-8-10-4-1-2-6-18-10/h1-2,4,6,11H,3,5,7-9H2,(H,19,23)(H,20,22)/t11-/m1/s1. The monoisotopic (exact) mass is 330 g/mol. The summed E-state index contributed by atoms with van der Waals surface area (Å²) in [5.74, 6) is -0.784. The molecule has 0 radical (unpaired) electrons. The van der Waals surface area contributed by atoms with Crippen LogP contribution in [-0.2, 0) is 11.3 Å². The van der Waals surface area contributed by atoms with Crippen LogP contribution in [0.1, 0.15) is 18.5 Å². The quantitative estimate of drug-likeness (QED) is 0.877. The summed E-state index contributed by atoms with van der Waals surface area (Å²) >= 11 is 0. The molecule has 0 spiro atoms. The third-order valence-electron chi connectivity index (χ3n) is 3.43. The summed E-state index contributed by atoms with van der Waals surface area (Å²) in [4.78, 5) is 29.3. The summed E-state index contributed by atoms with van der Waals surface area (Å²) in [6.07, 6.45) is -1.97. The van der Waals surface area contributed by atoms with Crippen LogP contribution in [0.25, 0.3) is 0 Å². The molecule has 126 valence electrons. The van der Waals surface area contributed by atoms with Gasteiger partial charge in [-0.2, -0.15) is 13.2 Å². The van der Waals surface area contributed by atoms with Crippen LogP contribution in [0, 0.1) is 0 Å². The third-order valence-corrected chi connectivity index (χ3v) is 3.43. The number of alkyl halides is 3. The molecule has 0 unspecified atom stereocenters. The fourth-order valence-corrected chi connectivity index (χ4v) is 2.36. The van der Waals surface area contributed by atoms with E-state index < -0.39 is 30.7 Å². The first-order valence-corrected chi connectivity index (χ1v) is 7.15. The summed E-state index contributed by atoms with van der Waals surface area (Å²) in [6.45, 7) is -0.878. The maximum atomic E-state index is 12.2. The second kappa shape index (κ2) is 7.30. The number of carbonyl (C=O) groups is 2. The van der Waals surface area contributed by atoms with Gasteiger partial charge in [0.25, 0.3) is 0 Å². The summed E-state index contributed by atoms with van der Waals surface area (Å²) in [5.41, 5.74) is 0.651. The molecule has 1 fully saturated rings. The van der Waals surface area contributed by atoms with Crippen LogP contribution in [0.4, 0.5) is 18.0 Å². The number of urea groups is 1. The first-order chi connectivity index (χ1) is 10.9. The lowest BCUT2D eigenvalue weighted by atomic mass is 10.2. The predicted molar refractivity (Wildman–Crippen MR) is 75.3 cm³/mol. The van der Waals surface area contributed by atoms with Crippen molar-refractivity contribution in [1.29, 1.82) is 0 Å². The number of carbonyl (C=O) groups excluding carboxylic acids is 2. The molecule has 0 bridgehead atoms. The Hall–Kier alpha value is -2.32. The molecule has 1 saturated heterocycles. The molecule has 0 aliphatic carbocycles. The molecule has 1 aliphatic rings. The van der Waals surface area contributed by atoms with Crippen molar-refractivity contribution < 1.29 is 22.8 Å². The van der Waals surface area contributed by atoms with Gasteiger partial charge >= 0.3 is 12.2 Å². The zero-order valence-electron chi connectivity index (χ0n) is 12.3. The van der Waals surface area contributed by atoms with Crippen LogP contribution in [0.3, 0.4) is 0 Å². The van der Waals surface area contributed by atoms with Gasteiger partial charge in [0.2, 0.25) is 5.91 Å². The Morgan fingerprint density at radius 2 is 2.09 bits per heavy atom. The molecule has 2 N–H and O–H groups in total. The van der Waals surface area contributed by atoms with Crippen LogP contribution in [-0.4, -0.2) is 47.1 Å². The van der Waals surface area contributed by atoms with E-state index in [9.17, 15) is 22.8 Å². The molecular weight excluding hydrogens is 313 g/mol. The maximum Gasteiger partial charge on any atom is 0.405 e. The van der Waals surface area contributed by atoms with Crippen LogP contribution >= 0.6 is 0 Å². The van der Waals surface area contributed by atoms with E-state index in [1.807, 2.05) is 5.32 Å².